The van der Waals surface area contributed by atoms with E-state index in [4.69, 9.17) is 52.7 Å². The van der Waals surface area contributed by atoms with Gasteiger partial charge in [-0.2, -0.15) is 0 Å². The van der Waals surface area contributed by atoms with Gasteiger partial charge in [-0.25, -0.2) is 4.57 Å². The van der Waals surface area contributed by atoms with Gasteiger partial charge >= 0.3 is 31.7 Å². The molecule has 2 amide bonds. The Morgan fingerprint density at radius 3 is 1.12 bits per heavy atom. The molecule has 128 heavy (non-hydrogen) atoms. The molecular formula is C99H186N3O25P. The van der Waals surface area contributed by atoms with Crippen LogP contribution in [0.1, 0.15) is 465 Å². The minimum absolute atomic E-state index is 0.0748. The SMILES string of the molecule is CCCCCCCCCCCCCC(=O)O[C@H](CCCCCCCCCCC)CC(=O)O[C@@H]1[C@@H](NC(=O)C[C@@H](CCCCCCCCCCC)OC(=O)CCCCCCCCCCC)[C@H](OC[C@H]2O[C@H](O)[C@H](NC(=O)C[C@H](O)CCCCCCCCCCC)[C@@H](OC(=O)C[C@H](O)CCCCCCCCCCC)[C@@H]2O)O[C@H](CO)[C@H]1OP(=O)(O)O[C@H]1OC[C@H](N)[C@H](O)[C@H]1O. The number of phosphoric ester groups is 1. The van der Waals surface area contributed by atoms with Crippen molar-refractivity contribution >= 4 is 43.5 Å². The Hall–Kier alpha value is -3.55. The molecular weight excluding hydrogens is 1660 g/mol. The highest BCUT2D eigenvalue weighted by Crippen LogP contribution is 2.50. The lowest BCUT2D eigenvalue weighted by Gasteiger charge is -2.47. The van der Waals surface area contributed by atoms with Gasteiger partial charge in [0, 0.05) is 12.8 Å². The molecule has 19 atom stereocenters. The molecule has 1 unspecified atom stereocenters. The highest BCUT2D eigenvalue weighted by molar-refractivity contribution is 7.47. The molecule has 3 heterocycles. The molecule has 0 radical (unpaired) electrons. The van der Waals surface area contributed by atoms with E-state index in [2.05, 4.69) is 52.2 Å². The second-order valence-corrected chi connectivity index (χ2v) is 38.7. The fourth-order valence-corrected chi connectivity index (χ4v) is 18.5. The molecule has 0 aromatic heterocycles. The third-order valence-electron chi connectivity index (χ3n) is 25.4. The number of phosphoric acid groups is 1. The first kappa shape index (κ1) is 119. The van der Waals surface area contributed by atoms with Gasteiger partial charge in [0.05, 0.1) is 63.8 Å². The van der Waals surface area contributed by atoms with E-state index in [1.54, 1.807) is 0 Å². The zero-order chi connectivity index (χ0) is 93.6. The van der Waals surface area contributed by atoms with E-state index < -0.39 is 199 Å². The van der Waals surface area contributed by atoms with Gasteiger partial charge in [-0.1, -0.05) is 375 Å². The van der Waals surface area contributed by atoms with Crippen molar-refractivity contribution in [3.05, 3.63) is 0 Å². The van der Waals surface area contributed by atoms with Gasteiger partial charge in [0.15, 0.2) is 31.1 Å². The second kappa shape index (κ2) is 76.6. The molecule has 3 aliphatic heterocycles. The number of ether oxygens (including phenoxy) is 8. The van der Waals surface area contributed by atoms with Gasteiger partial charge in [-0.05, 0) is 51.4 Å². The first-order valence-corrected chi connectivity index (χ1v) is 53.5. The van der Waals surface area contributed by atoms with E-state index in [-0.39, 0.29) is 32.1 Å². The predicted octanol–water partition coefficient (Wildman–Crippen LogP) is 18.9. The van der Waals surface area contributed by atoms with Crippen LogP contribution < -0.4 is 16.4 Å². The molecule has 0 saturated carbocycles. The number of amides is 2. The number of aliphatic hydroxyl groups excluding tert-OH is 7. The third-order valence-corrected chi connectivity index (χ3v) is 26.4. The molecule has 0 aromatic rings. The van der Waals surface area contributed by atoms with E-state index in [0.717, 1.165) is 250 Å². The van der Waals surface area contributed by atoms with Crippen molar-refractivity contribution in [2.45, 2.75) is 576 Å². The van der Waals surface area contributed by atoms with Crippen LogP contribution >= 0.6 is 7.82 Å². The normalized spacial score (nSPS) is 23.3. The number of unbranched alkanes of at least 4 members (excludes halogenated alkanes) is 50. The molecule has 3 fully saturated rings. The summed E-state index contributed by atoms with van der Waals surface area (Å²) >= 11 is 0. The number of rotatable bonds is 84. The van der Waals surface area contributed by atoms with E-state index >= 15 is 9.59 Å². The summed E-state index contributed by atoms with van der Waals surface area (Å²) in [6.07, 6.45) is 30.1. The third kappa shape index (κ3) is 56.7. The molecule has 3 saturated heterocycles. The average molecular weight is 1850 g/mol. The zero-order valence-corrected chi connectivity index (χ0v) is 81.6. The van der Waals surface area contributed by atoms with Crippen LogP contribution in [0.5, 0.6) is 0 Å². The first-order valence-electron chi connectivity index (χ1n) is 52.0. The van der Waals surface area contributed by atoms with Crippen LogP contribution in [-0.2, 0) is 80.3 Å². The Balaban J connectivity index is 2.23. The van der Waals surface area contributed by atoms with Gasteiger partial charge in [-0.15, -0.1) is 0 Å². The van der Waals surface area contributed by atoms with Crippen LogP contribution in [0.4, 0.5) is 0 Å². The molecule has 752 valence electrons. The van der Waals surface area contributed by atoms with E-state index in [1.807, 2.05) is 0 Å². The number of aliphatic hydroxyl groups is 7. The minimum Gasteiger partial charge on any atom is -0.462 e. The van der Waals surface area contributed by atoms with Crippen LogP contribution in [-0.4, -0.2) is 206 Å². The quantitative estimate of drug-likeness (QED) is 0.0117. The lowest BCUT2D eigenvalue weighted by atomic mass is 9.95. The highest BCUT2D eigenvalue weighted by Gasteiger charge is 2.55. The number of hydrogen-bond acceptors (Lipinski definition) is 25. The Morgan fingerprint density at radius 2 is 0.719 bits per heavy atom. The molecule has 3 aliphatic rings. The van der Waals surface area contributed by atoms with Crippen molar-refractivity contribution < 1.29 is 121 Å². The van der Waals surface area contributed by atoms with Crippen LogP contribution in [0.3, 0.4) is 0 Å². The van der Waals surface area contributed by atoms with Crippen molar-refractivity contribution in [1.82, 2.24) is 10.6 Å². The molecule has 3 rings (SSSR count). The first-order chi connectivity index (χ1) is 61.9. The van der Waals surface area contributed by atoms with E-state index in [1.165, 1.54) is 70.6 Å². The maximum atomic E-state index is 15.4. The second-order valence-electron chi connectivity index (χ2n) is 37.4. The predicted molar refractivity (Wildman–Crippen MR) is 498 cm³/mol. The summed E-state index contributed by atoms with van der Waals surface area (Å²) in [5, 5.41) is 85.9. The van der Waals surface area contributed by atoms with Gasteiger partial charge in [0.2, 0.25) is 11.8 Å². The van der Waals surface area contributed by atoms with E-state index in [0.29, 0.717) is 44.9 Å². The lowest BCUT2D eigenvalue weighted by Crippen LogP contribution is -2.68. The smallest absolute Gasteiger partial charge is 0.462 e. The Bertz CT molecular complexity index is 2800. The standard InChI is InChI=1S/C99H186N3O25P/c1-7-13-19-25-31-37-38-44-50-56-62-68-86(109)121-79(66-60-54-48-42-35-29-23-17-11-5)72-88(111)125-96-90(102-84(107)71-78(65-59-53-47-41-34-28-22-16-10-4)120-85(108)67-61-55-49-43-36-30-24-18-12-6)98(123-81(73-103)94(96)126-128(116,117)127-99-93(114)91(112)80(100)74-118-99)119-75-82-92(113)95(124-87(110)70-77(105)64-58-52-46-40-33-27-21-15-9-3)89(97(115)122-82)101-83(106)69-76(104)63-57-51-45-39-32-26-20-14-8-2/h76-82,89-99,103-105,112-115H,7-75,100H2,1-6H3,(H,101,106)(H,102,107)(H,116,117)/t76-,77-,78-,79-,80+,81-,82-,89-,90-,91+,92-,93-,94-,95-,96-,97+,98-,99-/m1/s1. The molecule has 28 nitrogen and oxygen atoms in total. The number of nitrogens with two attached hydrogens (primary N) is 1. The topological polar surface area (TPSA) is 424 Å². The summed E-state index contributed by atoms with van der Waals surface area (Å²) in [4.78, 5) is 98.6. The summed E-state index contributed by atoms with van der Waals surface area (Å²) in [6.45, 7) is 10.6. The maximum Gasteiger partial charge on any atom is 0.475 e. The molecule has 29 heteroatoms. The van der Waals surface area contributed by atoms with Gasteiger partial charge < -0.3 is 94.9 Å². The number of carbonyl (C=O) groups excluding carboxylic acids is 6. The summed E-state index contributed by atoms with van der Waals surface area (Å²) < 4.78 is 75.3. The van der Waals surface area contributed by atoms with Gasteiger partial charge in [0.1, 0.15) is 60.9 Å². The van der Waals surface area contributed by atoms with Crippen LogP contribution in [0, 0.1) is 0 Å². The molecule has 0 bridgehead atoms. The van der Waals surface area contributed by atoms with Crippen molar-refractivity contribution in [2.75, 3.05) is 19.8 Å². The van der Waals surface area contributed by atoms with Gasteiger partial charge in [-0.3, -0.25) is 37.8 Å². The largest absolute Gasteiger partial charge is 0.475 e. The van der Waals surface area contributed by atoms with Crippen molar-refractivity contribution in [3.8, 4) is 0 Å². The average Bonchev–Trinajstić information content (AvgIpc) is 0.769. The van der Waals surface area contributed by atoms with Crippen molar-refractivity contribution in [2.24, 2.45) is 5.73 Å². The Morgan fingerprint density at radius 1 is 0.375 bits per heavy atom. The summed E-state index contributed by atoms with van der Waals surface area (Å²) in [7, 11) is -5.73. The van der Waals surface area contributed by atoms with Crippen molar-refractivity contribution in [3.63, 3.8) is 0 Å². The van der Waals surface area contributed by atoms with Crippen LogP contribution in [0.15, 0.2) is 0 Å². The minimum atomic E-state index is -5.73. The molecule has 0 spiro atoms. The Labute approximate surface area is 772 Å². The summed E-state index contributed by atoms with van der Waals surface area (Å²) in [6, 6.07) is -4.74. The van der Waals surface area contributed by atoms with Crippen LogP contribution in [0.25, 0.3) is 0 Å². The molecule has 12 N–H and O–H groups in total. The van der Waals surface area contributed by atoms with Gasteiger partial charge in [0.25, 0.3) is 0 Å². The lowest BCUT2D eigenvalue weighted by molar-refractivity contribution is -0.299. The fourth-order valence-electron chi connectivity index (χ4n) is 17.4. The summed E-state index contributed by atoms with van der Waals surface area (Å²) in [5.41, 5.74) is 5.96. The monoisotopic (exact) mass is 1850 g/mol. The number of nitrogens with one attached hydrogen (secondary N) is 2. The molecule has 0 aromatic carbocycles. The van der Waals surface area contributed by atoms with Crippen molar-refractivity contribution in [1.29, 1.82) is 0 Å². The number of carbonyl (C=O) groups is 6. The molecule has 0 aliphatic carbocycles. The number of esters is 4. The maximum absolute atomic E-state index is 15.4. The fraction of sp³-hybridized carbons (Fsp3) is 0.939. The summed E-state index contributed by atoms with van der Waals surface area (Å²) in [5.74, 6) is -4.76. The Kier molecular flexibility index (Phi) is 71.0. The highest BCUT2D eigenvalue weighted by atomic mass is 31.2. The van der Waals surface area contributed by atoms with Crippen LogP contribution in [0.2, 0.25) is 0 Å². The zero-order valence-electron chi connectivity index (χ0n) is 80.7. The van der Waals surface area contributed by atoms with E-state index in [9.17, 15) is 64.4 Å². The number of hydrogen-bond donors (Lipinski definition) is 11.